The Labute approximate surface area is 188 Å². The molecule has 1 N–H and O–H groups in total. The van der Waals surface area contributed by atoms with Gasteiger partial charge in [-0.05, 0) is 36.2 Å². The third-order valence-corrected chi connectivity index (χ3v) is 5.19. The quantitative estimate of drug-likeness (QED) is 0.604. The second-order valence-corrected chi connectivity index (χ2v) is 7.58. The summed E-state index contributed by atoms with van der Waals surface area (Å²) in [7, 11) is 0. The number of carbonyl (C=O) groups excluding carboxylic acids is 1. The number of hydrogen-bond acceptors (Lipinski definition) is 5. The van der Waals surface area contributed by atoms with E-state index in [4.69, 9.17) is 4.74 Å². The highest BCUT2D eigenvalue weighted by atomic mass is 19.4. The Kier molecular flexibility index (Phi) is 6.43. The van der Waals surface area contributed by atoms with Crippen molar-refractivity contribution in [3.05, 3.63) is 65.6 Å². The number of pyridine rings is 1. The maximum atomic E-state index is 12.9. The van der Waals surface area contributed by atoms with Crippen molar-refractivity contribution in [2.24, 2.45) is 0 Å². The van der Waals surface area contributed by atoms with Gasteiger partial charge in [-0.15, -0.1) is 0 Å². The molecule has 3 aromatic rings. The number of urea groups is 1. The van der Waals surface area contributed by atoms with Gasteiger partial charge in [0.2, 0.25) is 5.88 Å². The number of amides is 2. The summed E-state index contributed by atoms with van der Waals surface area (Å²) in [5.41, 5.74) is 3.22. The number of ether oxygens (including phenoxy) is 1. The maximum absolute atomic E-state index is 12.9. The van der Waals surface area contributed by atoms with Crippen molar-refractivity contribution in [3.63, 3.8) is 0 Å². The minimum atomic E-state index is -4.53. The number of benzene rings is 1. The van der Waals surface area contributed by atoms with Crippen LogP contribution in [0, 0.1) is 0 Å². The van der Waals surface area contributed by atoms with Crippen molar-refractivity contribution in [1.29, 1.82) is 0 Å². The molecule has 0 atom stereocenters. The number of fused-ring (bicyclic) bond motifs is 1. The van der Waals surface area contributed by atoms with Crippen LogP contribution in [0.25, 0.3) is 11.4 Å². The van der Waals surface area contributed by atoms with E-state index in [0.717, 1.165) is 12.0 Å². The molecular weight excluding hydrogens is 435 g/mol. The highest BCUT2D eigenvalue weighted by Gasteiger charge is 2.32. The summed E-state index contributed by atoms with van der Waals surface area (Å²) in [5.74, 6) is 0.0509. The molecule has 1 aromatic carbocycles. The Morgan fingerprint density at radius 2 is 2.06 bits per heavy atom. The first kappa shape index (κ1) is 22.5. The van der Waals surface area contributed by atoms with Gasteiger partial charge in [-0.1, -0.05) is 19.1 Å². The van der Waals surface area contributed by atoms with Crippen molar-refractivity contribution in [2.45, 2.75) is 32.5 Å². The fraction of sp³-hybridized carbons (Fsp3) is 0.304. The first-order valence-electron chi connectivity index (χ1n) is 10.5. The lowest BCUT2D eigenvalue weighted by atomic mass is 10.1. The summed E-state index contributed by atoms with van der Waals surface area (Å²) in [6, 6.07) is 10.5. The molecule has 1 aliphatic rings. The van der Waals surface area contributed by atoms with Gasteiger partial charge in [-0.25, -0.2) is 9.78 Å². The van der Waals surface area contributed by atoms with Crippen LogP contribution in [0.5, 0.6) is 5.88 Å². The molecule has 0 unspecified atom stereocenters. The molecule has 0 fully saturated rings. The van der Waals surface area contributed by atoms with Crippen molar-refractivity contribution in [2.75, 3.05) is 18.5 Å². The molecular formula is C23H22F3N5O2. The number of aromatic nitrogens is 3. The van der Waals surface area contributed by atoms with E-state index < -0.39 is 12.8 Å². The average molecular weight is 457 g/mol. The Hall–Kier alpha value is -3.69. The first-order valence-corrected chi connectivity index (χ1v) is 10.5. The number of anilines is 1. The number of nitrogens with one attached hydrogen (secondary N) is 1. The van der Waals surface area contributed by atoms with E-state index in [1.54, 1.807) is 24.4 Å². The molecule has 0 saturated heterocycles. The summed E-state index contributed by atoms with van der Waals surface area (Å²) in [6.07, 6.45) is -0.229. The van der Waals surface area contributed by atoms with Gasteiger partial charge in [0, 0.05) is 36.6 Å². The molecule has 0 aliphatic carbocycles. The second-order valence-electron chi connectivity index (χ2n) is 7.58. The fourth-order valence-electron chi connectivity index (χ4n) is 3.52. The zero-order chi connectivity index (χ0) is 23.4. The van der Waals surface area contributed by atoms with E-state index >= 15 is 0 Å². The van der Waals surface area contributed by atoms with Gasteiger partial charge in [0.25, 0.3) is 0 Å². The topological polar surface area (TPSA) is 80.2 Å². The van der Waals surface area contributed by atoms with Gasteiger partial charge >= 0.3 is 12.2 Å². The number of rotatable bonds is 5. The van der Waals surface area contributed by atoms with Crippen LogP contribution in [0.1, 0.15) is 23.7 Å². The predicted octanol–water partition coefficient (Wildman–Crippen LogP) is 4.63. The van der Waals surface area contributed by atoms with E-state index in [0.29, 0.717) is 35.5 Å². The zero-order valence-electron chi connectivity index (χ0n) is 17.9. The summed E-state index contributed by atoms with van der Waals surface area (Å²) < 4.78 is 43.6. The van der Waals surface area contributed by atoms with Crippen molar-refractivity contribution < 1.29 is 22.7 Å². The normalized spacial score (nSPS) is 13.4. The summed E-state index contributed by atoms with van der Waals surface area (Å²) in [5, 5.41) is 2.85. The van der Waals surface area contributed by atoms with Gasteiger partial charge in [-0.2, -0.15) is 18.2 Å². The lowest BCUT2D eigenvalue weighted by Crippen LogP contribution is -2.39. The molecule has 7 nitrogen and oxygen atoms in total. The number of halogens is 3. The van der Waals surface area contributed by atoms with E-state index in [-0.39, 0.29) is 24.3 Å². The lowest BCUT2D eigenvalue weighted by molar-refractivity contribution is -0.154. The third-order valence-electron chi connectivity index (χ3n) is 5.19. The minimum absolute atomic E-state index is 0.0369. The lowest BCUT2D eigenvalue weighted by Gasteiger charge is -2.29. The number of aryl methyl sites for hydroxylation is 1. The van der Waals surface area contributed by atoms with Crippen molar-refractivity contribution in [3.8, 4) is 17.3 Å². The number of alkyl halides is 3. The molecule has 33 heavy (non-hydrogen) atoms. The molecule has 3 heterocycles. The molecule has 1 aliphatic heterocycles. The molecule has 2 aromatic heterocycles. The van der Waals surface area contributed by atoms with Crippen molar-refractivity contribution >= 4 is 11.7 Å². The Morgan fingerprint density at radius 1 is 1.21 bits per heavy atom. The van der Waals surface area contributed by atoms with Crippen LogP contribution in [0.3, 0.4) is 0 Å². The fourth-order valence-corrected chi connectivity index (χ4v) is 3.52. The van der Waals surface area contributed by atoms with Crippen LogP contribution < -0.4 is 10.1 Å². The van der Waals surface area contributed by atoms with E-state index in [2.05, 4.69) is 20.3 Å². The smallest absolute Gasteiger partial charge is 0.422 e. The highest BCUT2D eigenvalue weighted by molar-refractivity contribution is 5.89. The van der Waals surface area contributed by atoms with Gasteiger partial charge in [0.05, 0.1) is 17.8 Å². The van der Waals surface area contributed by atoms with Crippen LogP contribution in [-0.4, -0.2) is 45.2 Å². The molecule has 0 spiro atoms. The SMILES string of the molecule is CCc1cccc(NC(=O)N2CCc3nc(-c4cccnc4)nc(OCC(F)(F)F)c3C2)c1. The van der Waals surface area contributed by atoms with Crippen LogP contribution >= 0.6 is 0 Å². The van der Waals surface area contributed by atoms with Gasteiger partial charge in [-0.3, -0.25) is 4.98 Å². The molecule has 0 radical (unpaired) electrons. The number of hydrogen-bond donors (Lipinski definition) is 1. The maximum Gasteiger partial charge on any atom is 0.422 e. The Balaban J connectivity index is 1.59. The third kappa shape index (κ3) is 5.57. The largest absolute Gasteiger partial charge is 0.468 e. The molecule has 4 rings (SSSR count). The molecule has 172 valence electrons. The summed E-state index contributed by atoms with van der Waals surface area (Å²) in [6.45, 7) is 0.924. The molecule has 10 heteroatoms. The molecule has 0 saturated carbocycles. The van der Waals surface area contributed by atoms with Crippen LogP contribution in [0.2, 0.25) is 0 Å². The second kappa shape index (κ2) is 9.43. The Morgan fingerprint density at radius 3 is 2.79 bits per heavy atom. The van der Waals surface area contributed by atoms with E-state index in [1.807, 2.05) is 25.1 Å². The Bertz CT molecular complexity index is 1140. The van der Waals surface area contributed by atoms with Crippen LogP contribution in [-0.2, 0) is 19.4 Å². The van der Waals surface area contributed by atoms with Crippen LogP contribution in [0.15, 0.2) is 48.8 Å². The minimum Gasteiger partial charge on any atom is -0.468 e. The van der Waals surface area contributed by atoms with Gasteiger partial charge in [0.1, 0.15) is 0 Å². The monoisotopic (exact) mass is 457 g/mol. The number of carbonyl (C=O) groups is 1. The summed E-state index contributed by atoms with van der Waals surface area (Å²) >= 11 is 0. The van der Waals surface area contributed by atoms with E-state index in [9.17, 15) is 18.0 Å². The van der Waals surface area contributed by atoms with E-state index in [1.165, 1.54) is 11.1 Å². The molecule has 2 amide bonds. The average Bonchev–Trinajstić information content (AvgIpc) is 2.82. The predicted molar refractivity (Wildman–Crippen MR) is 116 cm³/mol. The van der Waals surface area contributed by atoms with Crippen LogP contribution in [0.4, 0.5) is 23.7 Å². The van der Waals surface area contributed by atoms with Crippen molar-refractivity contribution in [1.82, 2.24) is 19.9 Å². The molecule has 0 bridgehead atoms. The zero-order valence-corrected chi connectivity index (χ0v) is 17.9. The number of nitrogens with zero attached hydrogens (tertiary/aromatic N) is 4. The first-order chi connectivity index (χ1) is 15.8. The standard InChI is InChI=1S/C23H22F3N5O2/c1-2-15-5-3-7-17(11-15)28-22(32)31-10-8-19-18(13-31)21(33-14-23(24,25)26)30-20(29-19)16-6-4-9-27-12-16/h3-7,9,11-12H,2,8,10,13-14H2,1H3,(H,28,32). The summed E-state index contributed by atoms with van der Waals surface area (Å²) in [4.78, 5) is 27.1. The van der Waals surface area contributed by atoms with Gasteiger partial charge < -0.3 is 15.0 Å². The van der Waals surface area contributed by atoms with Gasteiger partial charge in [0.15, 0.2) is 12.4 Å². The highest BCUT2D eigenvalue weighted by Crippen LogP contribution is 2.30.